The first-order valence-corrected chi connectivity index (χ1v) is 6.67. The van der Waals surface area contributed by atoms with Crippen LogP contribution in [0, 0.1) is 0 Å². The van der Waals surface area contributed by atoms with Crippen molar-refractivity contribution < 1.29 is 8.42 Å². The molecule has 0 atom stereocenters. The number of anilines is 1. The fourth-order valence-electron chi connectivity index (χ4n) is 1.39. The van der Waals surface area contributed by atoms with Gasteiger partial charge in [0.05, 0.1) is 0 Å². The second-order valence-corrected chi connectivity index (χ2v) is 5.31. The number of rotatable bonds is 4. The van der Waals surface area contributed by atoms with E-state index < -0.39 is 10.0 Å². The van der Waals surface area contributed by atoms with Crippen molar-refractivity contribution in [3.8, 4) is 0 Å². The zero-order valence-corrected chi connectivity index (χ0v) is 10.3. The minimum atomic E-state index is -3.65. The molecule has 0 aliphatic rings. The summed E-state index contributed by atoms with van der Waals surface area (Å²) in [4.78, 5) is 7.63. The van der Waals surface area contributed by atoms with Gasteiger partial charge in [-0.05, 0) is 23.8 Å². The molecule has 0 fully saturated rings. The Kier molecular flexibility index (Phi) is 3.54. The maximum absolute atomic E-state index is 12.0. The SMILES string of the molecule is Nc1ncccc1S(=O)(=O)NCc1cccnc1. The minimum absolute atomic E-state index is 0.0174. The lowest BCUT2D eigenvalue weighted by molar-refractivity contribution is 0.581. The number of nitrogen functional groups attached to an aromatic ring is 1. The molecule has 2 aromatic rings. The number of nitrogens with zero attached hydrogens (tertiary/aromatic N) is 2. The van der Waals surface area contributed by atoms with E-state index in [1.165, 1.54) is 18.3 Å². The smallest absolute Gasteiger partial charge is 0.244 e. The third-order valence-corrected chi connectivity index (χ3v) is 3.73. The van der Waals surface area contributed by atoms with E-state index in [1.807, 2.05) is 0 Å². The predicted molar refractivity (Wildman–Crippen MR) is 66.9 cm³/mol. The summed E-state index contributed by atoms with van der Waals surface area (Å²) < 4.78 is 26.4. The summed E-state index contributed by atoms with van der Waals surface area (Å²) >= 11 is 0. The maximum atomic E-state index is 12.0. The van der Waals surface area contributed by atoms with Crippen molar-refractivity contribution >= 4 is 15.8 Å². The Hall–Kier alpha value is -1.99. The van der Waals surface area contributed by atoms with Crippen LogP contribution in [0.3, 0.4) is 0 Å². The monoisotopic (exact) mass is 264 g/mol. The Morgan fingerprint density at radius 2 is 2.00 bits per heavy atom. The highest BCUT2D eigenvalue weighted by molar-refractivity contribution is 7.89. The molecule has 2 aromatic heterocycles. The topological polar surface area (TPSA) is 98.0 Å². The largest absolute Gasteiger partial charge is 0.383 e. The molecular formula is C11H12N4O2S. The molecule has 0 unspecified atom stereocenters. The Morgan fingerprint density at radius 1 is 1.22 bits per heavy atom. The number of sulfonamides is 1. The number of nitrogens with two attached hydrogens (primary N) is 1. The van der Waals surface area contributed by atoms with Crippen molar-refractivity contribution in [1.29, 1.82) is 0 Å². The molecule has 0 aliphatic carbocycles. The van der Waals surface area contributed by atoms with Crippen LogP contribution < -0.4 is 10.5 Å². The fourth-order valence-corrected chi connectivity index (χ4v) is 2.49. The second kappa shape index (κ2) is 5.11. The van der Waals surface area contributed by atoms with Crippen molar-refractivity contribution in [2.75, 3.05) is 5.73 Å². The molecule has 0 radical (unpaired) electrons. The van der Waals surface area contributed by atoms with E-state index in [0.717, 1.165) is 5.56 Å². The molecule has 2 heterocycles. The number of hydrogen-bond donors (Lipinski definition) is 2. The molecule has 7 heteroatoms. The predicted octanol–water partition coefficient (Wildman–Crippen LogP) is 0.537. The van der Waals surface area contributed by atoms with Gasteiger partial charge >= 0.3 is 0 Å². The van der Waals surface area contributed by atoms with Crippen molar-refractivity contribution in [3.63, 3.8) is 0 Å². The van der Waals surface area contributed by atoms with Gasteiger partial charge in [-0.2, -0.15) is 0 Å². The molecular weight excluding hydrogens is 252 g/mol. The molecule has 0 bridgehead atoms. The summed E-state index contributed by atoms with van der Waals surface area (Å²) in [7, 11) is -3.65. The highest BCUT2D eigenvalue weighted by Gasteiger charge is 2.17. The average molecular weight is 264 g/mol. The van der Waals surface area contributed by atoms with Gasteiger partial charge in [-0.25, -0.2) is 18.1 Å². The minimum Gasteiger partial charge on any atom is -0.383 e. The van der Waals surface area contributed by atoms with Crippen LogP contribution in [0.15, 0.2) is 47.8 Å². The summed E-state index contributed by atoms with van der Waals surface area (Å²) in [5.41, 5.74) is 6.30. The molecule has 0 saturated heterocycles. The van der Waals surface area contributed by atoms with Crippen LogP contribution in [-0.2, 0) is 16.6 Å². The second-order valence-electron chi connectivity index (χ2n) is 3.57. The Bertz CT molecular complexity index is 629. The number of aromatic nitrogens is 2. The summed E-state index contributed by atoms with van der Waals surface area (Å²) in [6.45, 7) is 0.157. The van der Waals surface area contributed by atoms with Crippen molar-refractivity contribution in [1.82, 2.24) is 14.7 Å². The Labute approximate surface area is 105 Å². The quantitative estimate of drug-likeness (QED) is 0.839. The number of pyridine rings is 2. The van der Waals surface area contributed by atoms with E-state index in [1.54, 1.807) is 24.5 Å². The lowest BCUT2D eigenvalue weighted by Crippen LogP contribution is -2.24. The average Bonchev–Trinajstić information content (AvgIpc) is 2.38. The highest BCUT2D eigenvalue weighted by Crippen LogP contribution is 2.14. The van der Waals surface area contributed by atoms with Crippen molar-refractivity contribution in [2.24, 2.45) is 0 Å². The molecule has 18 heavy (non-hydrogen) atoms. The molecule has 94 valence electrons. The van der Waals surface area contributed by atoms with Crippen molar-refractivity contribution in [3.05, 3.63) is 48.4 Å². The van der Waals surface area contributed by atoms with Crippen LogP contribution in [0.1, 0.15) is 5.56 Å². The molecule has 0 spiro atoms. The first-order chi connectivity index (χ1) is 8.59. The van der Waals surface area contributed by atoms with Gasteiger partial charge in [0.25, 0.3) is 0 Å². The zero-order valence-electron chi connectivity index (χ0n) is 9.45. The zero-order chi connectivity index (χ0) is 13.0. The van der Waals surface area contributed by atoms with Crippen LogP contribution in [0.2, 0.25) is 0 Å². The van der Waals surface area contributed by atoms with Gasteiger partial charge in [-0.1, -0.05) is 6.07 Å². The van der Waals surface area contributed by atoms with Crippen LogP contribution in [-0.4, -0.2) is 18.4 Å². The van der Waals surface area contributed by atoms with E-state index in [4.69, 9.17) is 5.73 Å². The van der Waals surface area contributed by atoms with Gasteiger partial charge in [0, 0.05) is 25.1 Å². The normalized spacial score (nSPS) is 11.3. The molecule has 6 nitrogen and oxygen atoms in total. The van der Waals surface area contributed by atoms with Gasteiger partial charge in [-0.15, -0.1) is 0 Å². The Balaban J connectivity index is 2.16. The maximum Gasteiger partial charge on any atom is 0.244 e. The van der Waals surface area contributed by atoms with E-state index >= 15 is 0 Å². The van der Waals surface area contributed by atoms with Crippen LogP contribution in [0.5, 0.6) is 0 Å². The molecule has 2 rings (SSSR count). The van der Waals surface area contributed by atoms with Gasteiger partial charge in [0.1, 0.15) is 10.7 Å². The first-order valence-electron chi connectivity index (χ1n) is 5.18. The Morgan fingerprint density at radius 3 is 2.67 bits per heavy atom. The van der Waals surface area contributed by atoms with Gasteiger partial charge in [-0.3, -0.25) is 4.98 Å². The molecule has 0 amide bonds. The van der Waals surface area contributed by atoms with Gasteiger partial charge in [0.15, 0.2) is 0 Å². The number of hydrogen-bond acceptors (Lipinski definition) is 5. The van der Waals surface area contributed by atoms with E-state index in [0.29, 0.717) is 0 Å². The van der Waals surface area contributed by atoms with E-state index in [9.17, 15) is 8.42 Å². The van der Waals surface area contributed by atoms with E-state index in [2.05, 4.69) is 14.7 Å². The fraction of sp³-hybridized carbons (Fsp3) is 0.0909. The molecule has 0 aromatic carbocycles. The summed E-state index contributed by atoms with van der Waals surface area (Å²) in [6, 6.07) is 6.45. The summed E-state index contributed by atoms with van der Waals surface area (Å²) in [5.74, 6) is -0.0174. The summed E-state index contributed by atoms with van der Waals surface area (Å²) in [5, 5.41) is 0. The lowest BCUT2D eigenvalue weighted by atomic mass is 10.3. The van der Waals surface area contributed by atoms with Crippen LogP contribution in [0.25, 0.3) is 0 Å². The van der Waals surface area contributed by atoms with E-state index in [-0.39, 0.29) is 17.3 Å². The summed E-state index contributed by atoms with van der Waals surface area (Å²) in [6.07, 6.45) is 4.65. The van der Waals surface area contributed by atoms with Crippen LogP contribution in [0.4, 0.5) is 5.82 Å². The third kappa shape index (κ3) is 2.82. The number of nitrogens with one attached hydrogen (secondary N) is 1. The lowest BCUT2D eigenvalue weighted by Gasteiger charge is -2.07. The molecule has 0 aliphatic heterocycles. The van der Waals surface area contributed by atoms with Crippen LogP contribution >= 0.6 is 0 Å². The third-order valence-electron chi connectivity index (χ3n) is 2.28. The molecule has 0 saturated carbocycles. The van der Waals surface area contributed by atoms with Gasteiger partial charge in [0.2, 0.25) is 10.0 Å². The van der Waals surface area contributed by atoms with Crippen molar-refractivity contribution in [2.45, 2.75) is 11.4 Å². The van der Waals surface area contributed by atoms with Gasteiger partial charge < -0.3 is 5.73 Å². The highest BCUT2D eigenvalue weighted by atomic mass is 32.2. The standard InChI is InChI=1S/C11H12N4O2S/c12-11-10(4-2-6-14-11)18(16,17)15-8-9-3-1-5-13-7-9/h1-7,15H,8H2,(H2,12,14). The first kappa shape index (κ1) is 12.5. The molecule has 3 N–H and O–H groups in total.